The Hall–Kier alpha value is -0.860. The van der Waals surface area contributed by atoms with Crippen LogP contribution >= 0.6 is 11.3 Å². The van der Waals surface area contributed by atoms with Crippen LogP contribution < -0.4 is 5.73 Å². The second-order valence-corrected chi connectivity index (χ2v) is 6.24. The molecule has 1 saturated carbocycles. The lowest BCUT2D eigenvalue weighted by atomic mass is 10.0. The van der Waals surface area contributed by atoms with Crippen LogP contribution in [-0.2, 0) is 0 Å². The zero-order valence-electron chi connectivity index (χ0n) is 9.73. The van der Waals surface area contributed by atoms with Crippen LogP contribution in [0, 0.1) is 11.3 Å². The second kappa shape index (κ2) is 3.31. The highest BCUT2D eigenvalue weighted by molar-refractivity contribution is 7.17. The van der Waals surface area contributed by atoms with Gasteiger partial charge in [0.2, 0.25) is 0 Å². The van der Waals surface area contributed by atoms with Crippen molar-refractivity contribution in [2.45, 2.75) is 19.8 Å². The molecule has 1 aromatic carbocycles. The van der Waals surface area contributed by atoms with Gasteiger partial charge >= 0.3 is 0 Å². The van der Waals surface area contributed by atoms with E-state index in [2.05, 4.69) is 43.5 Å². The van der Waals surface area contributed by atoms with E-state index < -0.39 is 0 Å². The number of rotatable bonds is 2. The molecule has 3 rings (SSSR count). The summed E-state index contributed by atoms with van der Waals surface area (Å²) in [5.74, 6) is 1.32. The maximum atomic E-state index is 5.85. The molecule has 1 fully saturated rings. The van der Waals surface area contributed by atoms with Gasteiger partial charge in [0.25, 0.3) is 0 Å². The Bertz CT molecular complexity index is 526. The molecule has 0 radical (unpaired) electrons. The minimum absolute atomic E-state index is 0.387. The fourth-order valence-electron chi connectivity index (χ4n) is 3.04. The van der Waals surface area contributed by atoms with E-state index in [0.717, 1.165) is 6.54 Å². The molecule has 0 saturated heterocycles. The summed E-state index contributed by atoms with van der Waals surface area (Å²) in [6.45, 7) is 5.48. The maximum Gasteiger partial charge on any atom is 0.0345 e. The van der Waals surface area contributed by atoms with Crippen molar-refractivity contribution >= 4 is 21.4 Å². The molecule has 0 aliphatic heterocycles. The lowest BCUT2D eigenvalue weighted by Crippen LogP contribution is -2.05. The summed E-state index contributed by atoms with van der Waals surface area (Å²) in [6, 6.07) is 8.69. The van der Waals surface area contributed by atoms with Gasteiger partial charge in [-0.2, -0.15) is 0 Å². The molecular weight excluding hydrogens is 214 g/mol. The number of thiophene rings is 1. The van der Waals surface area contributed by atoms with Gasteiger partial charge in [0.1, 0.15) is 0 Å². The second-order valence-electron chi connectivity index (χ2n) is 5.33. The van der Waals surface area contributed by atoms with Crippen LogP contribution in [0.2, 0.25) is 0 Å². The highest BCUT2D eigenvalue weighted by atomic mass is 32.1. The molecule has 1 nitrogen and oxygen atoms in total. The van der Waals surface area contributed by atoms with Crippen LogP contribution in [0.25, 0.3) is 10.1 Å². The minimum atomic E-state index is 0.387. The van der Waals surface area contributed by atoms with Crippen molar-refractivity contribution in [3.63, 3.8) is 0 Å². The topological polar surface area (TPSA) is 26.0 Å². The van der Waals surface area contributed by atoms with Gasteiger partial charge in [0.15, 0.2) is 0 Å². The van der Waals surface area contributed by atoms with Crippen LogP contribution in [0.5, 0.6) is 0 Å². The van der Waals surface area contributed by atoms with E-state index in [1.54, 1.807) is 0 Å². The number of benzene rings is 1. The number of hydrogen-bond acceptors (Lipinski definition) is 2. The molecule has 2 N–H and O–H groups in total. The van der Waals surface area contributed by atoms with Gasteiger partial charge in [-0.1, -0.05) is 32.0 Å². The molecule has 1 heterocycles. The highest BCUT2D eigenvalue weighted by Gasteiger charge is 2.57. The summed E-state index contributed by atoms with van der Waals surface area (Å²) in [7, 11) is 0. The first kappa shape index (κ1) is 10.3. The third-order valence-electron chi connectivity index (χ3n) is 4.15. The lowest BCUT2D eigenvalue weighted by Gasteiger charge is -2.01. The number of nitrogens with two attached hydrogens (primary N) is 1. The Labute approximate surface area is 100 Å². The summed E-state index contributed by atoms with van der Waals surface area (Å²) in [6.07, 6.45) is 0. The van der Waals surface area contributed by atoms with Crippen molar-refractivity contribution in [1.82, 2.24) is 0 Å². The van der Waals surface area contributed by atoms with Crippen LogP contribution in [-0.4, -0.2) is 6.54 Å². The van der Waals surface area contributed by atoms with Gasteiger partial charge in [-0.15, -0.1) is 11.3 Å². The van der Waals surface area contributed by atoms with Crippen LogP contribution in [0.15, 0.2) is 29.6 Å². The Balaban J connectivity index is 2.08. The van der Waals surface area contributed by atoms with E-state index in [4.69, 9.17) is 5.73 Å². The number of hydrogen-bond donors (Lipinski definition) is 1. The summed E-state index contributed by atoms with van der Waals surface area (Å²) < 4.78 is 1.40. The van der Waals surface area contributed by atoms with Crippen LogP contribution in [0.3, 0.4) is 0 Å². The van der Waals surface area contributed by atoms with Crippen molar-refractivity contribution in [1.29, 1.82) is 0 Å². The molecule has 1 aliphatic carbocycles. The van der Waals surface area contributed by atoms with Crippen LogP contribution in [0.1, 0.15) is 25.3 Å². The number of fused-ring (bicyclic) bond motifs is 1. The normalized spacial score (nSPS) is 27.2. The predicted molar refractivity (Wildman–Crippen MR) is 70.9 cm³/mol. The van der Waals surface area contributed by atoms with Gasteiger partial charge in [0, 0.05) is 4.70 Å². The van der Waals surface area contributed by atoms with Crippen molar-refractivity contribution < 1.29 is 0 Å². The van der Waals surface area contributed by atoms with Crippen molar-refractivity contribution in [2.24, 2.45) is 17.1 Å². The zero-order valence-corrected chi connectivity index (χ0v) is 10.6. The molecule has 1 aromatic heterocycles. The molecule has 2 atom stereocenters. The molecule has 2 heteroatoms. The summed E-state index contributed by atoms with van der Waals surface area (Å²) in [5, 5.41) is 3.76. The van der Waals surface area contributed by atoms with Crippen molar-refractivity contribution in [3.8, 4) is 0 Å². The third-order valence-corrected chi connectivity index (χ3v) is 5.13. The Kier molecular flexibility index (Phi) is 2.13. The molecule has 0 amide bonds. The maximum absolute atomic E-state index is 5.85. The van der Waals surface area contributed by atoms with E-state index >= 15 is 0 Å². The average Bonchev–Trinajstić information content (AvgIpc) is 2.66. The summed E-state index contributed by atoms with van der Waals surface area (Å²) >= 11 is 1.85. The third kappa shape index (κ3) is 1.26. The van der Waals surface area contributed by atoms with E-state index in [1.807, 2.05) is 11.3 Å². The van der Waals surface area contributed by atoms with Gasteiger partial charge in [0.05, 0.1) is 0 Å². The van der Waals surface area contributed by atoms with Gasteiger partial charge in [-0.3, -0.25) is 0 Å². The highest BCUT2D eigenvalue weighted by Crippen LogP contribution is 2.65. The Morgan fingerprint density at radius 1 is 1.31 bits per heavy atom. The molecule has 0 unspecified atom stereocenters. The Morgan fingerprint density at radius 3 is 2.75 bits per heavy atom. The molecule has 16 heavy (non-hydrogen) atoms. The van der Waals surface area contributed by atoms with E-state index in [-0.39, 0.29) is 0 Å². The first-order valence-corrected chi connectivity index (χ1v) is 6.70. The fourth-order valence-corrected chi connectivity index (χ4v) is 4.04. The SMILES string of the molecule is CC1(C)[C@H](CN)[C@H]1c1csc2ccccc12. The first-order valence-electron chi connectivity index (χ1n) is 5.82. The molecule has 0 bridgehead atoms. The molecule has 2 aromatic rings. The molecule has 1 aliphatic rings. The largest absolute Gasteiger partial charge is 0.330 e. The standard InChI is InChI=1S/C14H17NS/c1-14(2)11(7-15)13(14)10-8-16-12-6-4-3-5-9(10)12/h3-6,8,11,13H,7,15H2,1-2H3/t11-,13-/m1/s1. The van der Waals surface area contributed by atoms with Gasteiger partial charge in [-0.25, -0.2) is 0 Å². The molecule has 0 spiro atoms. The van der Waals surface area contributed by atoms with Crippen LogP contribution in [0.4, 0.5) is 0 Å². The smallest absolute Gasteiger partial charge is 0.0345 e. The average molecular weight is 231 g/mol. The van der Waals surface area contributed by atoms with Crippen molar-refractivity contribution in [3.05, 3.63) is 35.2 Å². The summed E-state index contributed by atoms with van der Waals surface area (Å²) in [4.78, 5) is 0. The van der Waals surface area contributed by atoms with E-state index in [0.29, 0.717) is 17.3 Å². The van der Waals surface area contributed by atoms with Gasteiger partial charge in [-0.05, 0) is 46.2 Å². The first-order chi connectivity index (χ1) is 7.66. The molecular formula is C14H17NS. The zero-order chi connectivity index (χ0) is 11.3. The van der Waals surface area contributed by atoms with E-state index in [9.17, 15) is 0 Å². The summed E-state index contributed by atoms with van der Waals surface area (Å²) in [5.41, 5.74) is 7.76. The lowest BCUT2D eigenvalue weighted by molar-refractivity contribution is 0.559. The van der Waals surface area contributed by atoms with E-state index in [1.165, 1.54) is 15.6 Å². The minimum Gasteiger partial charge on any atom is -0.330 e. The predicted octanol–water partition coefficient (Wildman–Crippen LogP) is 3.60. The monoisotopic (exact) mass is 231 g/mol. The molecule has 84 valence electrons. The van der Waals surface area contributed by atoms with Gasteiger partial charge < -0.3 is 5.73 Å². The quantitative estimate of drug-likeness (QED) is 0.839. The fraction of sp³-hybridized carbons (Fsp3) is 0.429. The Morgan fingerprint density at radius 2 is 2.06 bits per heavy atom. The van der Waals surface area contributed by atoms with Crippen molar-refractivity contribution in [2.75, 3.05) is 6.54 Å².